The van der Waals surface area contributed by atoms with Gasteiger partial charge in [0.1, 0.15) is 0 Å². The van der Waals surface area contributed by atoms with E-state index in [2.05, 4.69) is 5.32 Å². The summed E-state index contributed by atoms with van der Waals surface area (Å²) < 4.78 is 26.7. The second kappa shape index (κ2) is 6.90. The third-order valence-corrected chi connectivity index (χ3v) is 2.81. The number of nitro groups is 1. The molecule has 8 heteroatoms. The zero-order valence-corrected chi connectivity index (χ0v) is 10.9. The average molecular weight is 287 g/mol. The fraction of sp³-hybridized carbons (Fsp3) is 0.417. The van der Waals surface area contributed by atoms with Crippen LogP contribution in [0.4, 0.5) is 20.2 Å². The number of nitrogens with zero attached hydrogens (tertiary/aromatic N) is 1. The molecule has 0 saturated carbocycles. The van der Waals surface area contributed by atoms with Crippen LogP contribution >= 0.6 is 0 Å². The van der Waals surface area contributed by atoms with Crippen LogP contribution in [0.3, 0.4) is 0 Å². The van der Waals surface area contributed by atoms with Crippen molar-refractivity contribution in [1.29, 1.82) is 0 Å². The molecular formula is C12H15F2N3O3. The Morgan fingerprint density at radius 1 is 1.50 bits per heavy atom. The van der Waals surface area contributed by atoms with Gasteiger partial charge >= 0.3 is 0 Å². The topological polar surface area (TPSA) is 98.3 Å². The van der Waals surface area contributed by atoms with Gasteiger partial charge in [0, 0.05) is 12.6 Å². The molecule has 6 nitrogen and oxygen atoms in total. The van der Waals surface area contributed by atoms with Crippen molar-refractivity contribution >= 4 is 17.3 Å². The molecule has 1 rings (SSSR count). The number of anilines is 1. The van der Waals surface area contributed by atoms with Crippen molar-refractivity contribution in [3.8, 4) is 0 Å². The molecule has 0 saturated heterocycles. The van der Waals surface area contributed by atoms with Crippen LogP contribution in [0.15, 0.2) is 12.1 Å². The van der Waals surface area contributed by atoms with Gasteiger partial charge in [0.25, 0.3) is 5.69 Å². The Morgan fingerprint density at radius 2 is 2.15 bits per heavy atom. The molecule has 1 aromatic rings. The van der Waals surface area contributed by atoms with Crippen LogP contribution in [0.1, 0.15) is 19.8 Å². The van der Waals surface area contributed by atoms with Gasteiger partial charge in [-0.3, -0.25) is 14.9 Å². The van der Waals surface area contributed by atoms with E-state index in [0.717, 1.165) is 6.07 Å². The minimum Gasteiger partial charge on any atom is -0.330 e. The number of benzene rings is 1. The molecule has 0 spiro atoms. The van der Waals surface area contributed by atoms with E-state index >= 15 is 0 Å². The summed E-state index contributed by atoms with van der Waals surface area (Å²) in [6, 6.07) is 1.43. The second-order valence-corrected chi connectivity index (χ2v) is 4.22. The van der Waals surface area contributed by atoms with E-state index in [4.69, 9.17) is 5.73 Å². The Hall–Kier alpha value is -2.09. The van der Waals surface area contributed by atoms with Crippen molar-refractivity contribution in [3.63, 3.8) is 0 Å². The third kappa shape index (κ3) is 3.47. The molecule has 0 aliphatic heterocycles. The van der Waals surface area contributed by atoms with Crippen LogP contribution in [-0.2, 0) is 4.79 Å². The van der Waals surface area contributed by atoms with E-state index in [1.807, 2.05) is 6.92 Å². The van der Waals surface area contributed by atoms with Gasteiger partial charge in [-0.25, -0.2) is 8.78 Å². The highest BCUT2D eigenvalue weighted by Gasteiger charge is 2.25. The number of hydrogen-bond acceptors (Lipinski definition) is 4. The number of nitrogens with two attached hydrogens (primary N) is 1. The number of rotatable bonds is 6. The zero-order chi connectivity index (χ0) is 15.3. The summed E-state index contributed by atoms with van der Waals surface area (Å²) in [6.07, 6.45) is 1.12. The highest BCUT2D eigenvalue weighted by molar-refractivity contribution is 5.95. The van der Waals surface area contributed by atoms with Crippen molar-refractivity contribution in [2.75, 3.05) is 11.9 Å². The maximum absolute atomic E-state index is 13.6. The molecule has 0 aliphatic rings. The number of amides is 1. The van der Waals surface area contributed by atoms with Gasteiger partial charge in [-0.1, -0.05) is 13.3 Å². The molecule has 20 heavy (non-hydrogen) atoms. The number of halogens is 2. The van der Waals surface area contributed by atoms with E-state index in [-0.39, 0.29) is 6.54 Å². The molecular weight excluding hydrogens is 272 g/mol. The molecule has 1 unspecified atom stereocenters. The quantitative estimate of drug-likeness (QED) is 0.619. The first-order valence-corrected chi connectivity index (χ1v) is 6.05. The molecule has 3 N–H and O–H groups in total. The standard InChI is InChI=1S/C12H15F2N3O3/c1-2-3-7(6-15)12(18)16-11-9(17(19)20)5-4-8(13)10(11)14/h4-5,7H,2-3,6,15H2,1H3,(H,16,18). The molecule has 0 aliphatic carbocycles. The van der Waals surface area contributed by atoms with Gasteiger partial charge in [0.05, 0.1) is 10.8 Å². The molecule has 0 heterocycles. The summed E-state index contributed by atoms with van der Waals surface area (Å²) in [6.45, 7) is 1.85. The SMILES string of the molecule is CCCC(CN)C(=O)Nc1c([N+](=O)[O-])ccc(F)c1F. The molecule has 1 atom stereocenters. The first kappa shape index (κ1) is 16.0. The van der Waals surface area contributed by atoms with Crippen molar-refractivity contribution in [1.82, 2.24) is 0 Å². The summed E-state index contributed by atoms with van der Waals surface area (Å²) in [5, 5.41) is 12.8. The number of carbonyl (C=O) groups is 1. The molecule has 1 aromatic carbocycles. The Kier molecular flexibility index (Phi) is 5.51. The van der Waals surface area contributed by atoms with Gasteiger partial charge in [0.15, 0.2) is 17.3 Å². The van der Waals surface area contributed by atoms with Gasteiger partial charge in [-0.05, 0) is 12.5 Å². The molecule has 110 valence electrons. The average Bonchev–Trinajstić information content (AvgIpc) is 2.40. The van der Waals surface area contributed by atoms with Gasteiger partial charge in [0.2, 0.25) is 5.91 Å². The van der Waals surface area contributed by atoms with E-state index < -0.39 is 39.8 Å². The smallest absolute Gasteiger partial charge is 0.296 e. The summed E-state index contributed by atoms with van der Waals surface area (Å²) in [7, 11) is 0. The summed E-state index contributed by atoms with van der Waals surface area (Å²) in [5.41, 5.74) is 3.94. The minimum absolute atomic E-state index is 0.0183. The molecule has 1 amide bonds. The molecule has 0 fully saturated rings. The zero-order valence-electron chi connectivity index (χ0n) is 10.9. The molecule has 0 radical (unpaired) electrons. The summed E-state index contributed by atoms with van der Waals surface area (Å²) in [4.78, 5) is 21.7. The Balaban J connectivity index is 3.10. The fourth-order valence-electron chi connectivity index (χ4n) is 1.74. The van der Waals surface area contributed by atoms with Crippen molar-refractivity contribution < 1.29 is 18.5 Å². The normalized spacial score (nSPS) is 12.0. The van der Waals surface area contributed by atoms with E-state index in [9.17, 15) is 23.7 Å². The lowest BCUT2D eigenvalue weighted by Gasteiger charge is -2.14. The number of hydrogen-bond donors (Lipinski definition) is 2. The lowest BCUT2D eigenvalue weighted by atomic mass is 10.0. The van der Waals surface area contributed by atoms with Crippen LogP contribution in [0.2, 0.25) is 0 Å². The van der Waals surface area contributed by atoms with Crippen molar-refractivity contribution in [2.24, 2.45) is 11.7 Å². The molecule has 0 aromatic heterocycles. The van der Waals surface area contributed by atoms with Gasteiger partial charge in [-0.2, -0.15) is 0 Å². The lowest BCUT2D eigenvalue weighted by Crippen LogP contribution is -2.29. The molecule has 0 bridgehead atoms. The van der Waals surface area contributed by atoms with Crippen LogP contribution in [0.25, 0.3) is 0 Å². The first-order valence-electron chi connectivity index (χ1n) is 6.05. The summed E-state index contributed by atoms with van der Waals surface area (Å²) >= 11 is 0. The second-order valence-electron chi connectivity index (χ2n) is 4.22. The Bertz CT molecular complexity index is 523. The van der Waals surface area contributed by atoms with E-state index in [0.29, 0.717) is 18.9 Å². The van der Waals surface area contributed by atoms with Crippen molar-refractivity contribution in [2.45, 2.75) is 19.8 Å². The predicted octanol–water partition coefficient (Wildman–Crippen LogP) is 2.19. The van der Waals surface area contributed by atoms with Crippen LogP contribution < -0.4 is 11.1 Å². The van der Waals surface area contributed by atoms with Crippen LogP contribution in [0, 0.1) is 27.7 Å². The maximum Gasteiger partial charge on any atom is 0.296 e. The third-order valence-electron chi connectivity index (χ3n) is 2.81. The lowest BCUT2D eigenvalue weighted by molar-refractivity contribution is -0.384. The van der Waals surface area contributed by atoms with Gasteiger partial charge < -0.3 is 11.1 Å². The maximum atomic E-state index is 13.6. The fourth-order valence-corrected chi connectivity index (χ4v) is 1.74. The Morgan fingerprint density at radius 3 is 2.65 bits per heavy atom. The van der Waals surface area contributed by atoms with E-state index in [1.165, 1.54) is 0 Å². The summed E-state index contributed by atoms with van der Waals surface area (Å²) in [5.74, 6) is -4.00. The first-order chi connectivity index (χ1) is 9.42. The van der Waals surface area contributed by atoms with Crippen LogP contribution in [-0.4, -0.2) is 17.4 Å². The predicted molar refractivity (Wildman–Crippen MR) is 69.1 cm³/mol. The van der Waals surface area contributed by atoms with E-state index in [1.54, 1.807) is 0 Å². The largest absolute Gasteiger partial charge is 0.330 e. The number of nitro benzene ring substituents is 1. The Labute approximate surface area is 114 Å². The number of carbonyl (C=O) groups excluding carboxylic acids is 1. The number of nitrogens with one attached hydrogen (secondary N) is 1. The minimum atomic E-state index is -1.46. The highest BCUT2D eigenvalue weighted by atomic mass is 19.2. The monoisotopic (exact) mass is 287 g/mol. The highest BCUT2D eigenvalue weighted by Crippen LogP contribution is 2.29. The van der Waals surface area contributed by atoms with Gasteiger partial charge in [-0.15, -0.1) is 0 Å². The van der Waals surface area contributed by atoms with Crippen molar-refractivity contribution in [3.05, 3.63) is 33.9 Å². The van der Waals surface area contributed by atoms with Crippen LogP contribution in [0.5, 0.6) is 0 Å².